The van der Waals surface area contributed by atoms with Gasteiger partial charge in [0, 0.05) is 54.6 Å². The van der Waals surface area contributed by atoms with Crippen LogP contribution >= 0.6 is 0 Å². The molecule has 11 heteroatoms. The zero-order valence-electron chi connectivity index (χ0n) is 20.7. The van der Waals surface area contributed by atoms with E-state index in [0.717, 1.165) is 0 Å². The van der Waals surface area contributed by atoms with Crippen LogP contribution in [0, 0.1) is 23.3 Å². The van der Waals surface area contributed by atoms with Gasteiger partial charge < -0.3 is 20.6 Å². The first-order valence-corrected chi connectivity index (χ1v) is 11.8. The number of aliphatic hydroxyl groups excluding tert-OH is 1. The van der Waals surface area contributed by atoms with Crippen LogP contribution < -0.4 is 15.5 Å². The number of benzene rings is 3. The van der Waals surface area contributed by atoms with Crippen LogP contribution in [0.2, 0.25) is 0 Å². The number of hydrogen-bond acceptors (Lipinski definition) is 4. The van der Waals surface area contributed by atoms with Crippen LogP contribution in [0.1, 0.15) is 40.0 Å². The molecule has 3 amide bonds. The van der Waals surface area contributed by atoms with E-state index in [9.17, 15) is 27.2 Å². The highest BCUT2D eigenvalue weighted by molar-refractivity contribution is 6.00. The van der Waals surface area contributed by atoms with Gasteiger partial charge in [-0.25, -0.2) is 22.4 Å². The highest BCUT2D eigenvalue weighted by Gasteiger charge is 2.34. The van der Waals surface area contributed by atoms with Gasteiger partial charge in [0.05, 0.1) is 24.9 Å². The van der Waals surface area contributed by atoms with Crippen molar-refractivity contribution in [1.82, 2.24) is 10.2 Å². The second-order valence-electron chi connectivity index (χ2n) is 8.88. The Hall–Kier alpha value is -4.12. The molecule has 0 saturated heterocycles. The van der Waals surface area contributed by atoms with Gasteiger partial charge in [-0.1, -0.05) is 12.1 Å². The summed E-state index contributed by atoms with van der Waals surface area (Å²) in [5.74, 6) is -4.56. The predicted octanol–water partition coefficient (Wildman–Crippen LogP) is 4.71. The van der Waals surface area contributed by atoms with E-state index in [1.165, 1.54) is 34.1 Å². The zero-order valence-corrected chi connectivity index (χ0v) is 20.7. The molecular weight excluding hydrogens is 504 g/mol. The molecule has 4 rings (SSSR count). The first-order valence-electron chi connectivity index (χ1n) is 11.8. The first kappa shape index (κ1) is 26.9. The average molecular weight is 531 g/mol. The summed E-state index contributed by atoms with van der Waals surface area (Å²) in [5, 5.41) is 14.5. The fourth-order valence-corrected chi connectivity index (χ4v) is 4.34. The maximum absolute atomic E-state index is 14.9. The highest BCUT2D eigenvalue weighted by atomic mass is 19.1. The summed E-state index contributed by atoms with van der Waals surface area (Å²) in [6.07, 6.45) is 0. The number of rotatable bonds is 8. The molecule has 0 aliphatic carbocycles. The Kier molecular flexibility index (Phi) is 7.86. The Morgan fingerprint density at radius 1 is 1.00 bits per heavy atom. The molecule has 3 N–H and O–H groups in total. The van der Waals surface area contributed by atoms with Crippen LogP contribution in [-0.4, -0.2) is 42.1 Å². The lowest BCUT2D eigenvalue weighted by Gasteiger charge is -2.40. The predicted molar refractivity (Wildman–Crippen MR) is 134 cm³/mol. The molecule has 1 atom stereocenters. The average Bonchev–Trinajstić information content (AvgIpc) is 2.88. The number of hydrogen-bond donors (Lipinski definition) is 3. The van der Waals surface area contributed by atoms with Crippen LogP contribution in [0.5, 0.6) is 0 Å². The van der Waals surface area contributed by atoms with Crippen LogP contribution in [-0.2, 0) is 13.1 Å². The Labute approximate surface area is 216 Å². The number of anilines is 2. The van der Waals surface area contributed by atoms with Gasteiger partial charge >= 0.3 is 6.03 Å². The number of carbonyl (C=O) groups is 2. The maximum Gasteiger partial charge on any atom is 0.325 e. The van der Waals surface area contributed by atoms with Gasteiger partial charge in [-0.2, -0.15) is 0 Å². The minimum Gasteiger partial charge on any atom is -0.395 e. The van der Waals surface area contributed by atoms with Gasteiger partial charge in [-0.05, 0) is 36.8 Å². The summed E-state index contributed by atoms with van der Waals surface area (Å²) in [6.45, 7) is 1.12. The van der Waals surface area contributed by atoms with Crippen LogP contribution in [0.4, 0.5) is 33.7 Å². The number of urea groups is 1. The van der Waals surface area contributed by atoms with Crippen molar-refractivity contribution in [3.63, 3.8) is 0 Å². The summed E-state index contributed by atoms with van der Waals surface area (Å²) in [5.41, 5.74) is 1.30. The normalized spacial score (nSPS) is 14.9. The van der Waals surface area contributed by atoms with Crippen LogP contribution in [0.3, 0.4) is 0 Å². The largest absolute Gasteiger partial charge is 0.395 e. The molecular formula is C27H26F4N4O3. The Balaban J connectivity index is 1.65. The van der Waals surface area contributed by atoms with Gasteiger partial charge in [-0.3, -0.25) is 9.69 Å². The van der Waals surface area contributed by atoms with Crippen LogP contribution in [0.15, 0.2) is 48.5 Å². The number of aliphatic hydroxyl groups is 1. The molecule has 0 aromatic heterocycles. The second-order valence-corrected chi connectivity index (χ2v) is 8.88. The van der Waals surface area contributed by atoms with Crippen molar-refractivity contribution >= 4 is 23.3 Å². The zero-order chi connectivity index (χ0) is 27.6. The van der Waals surface area contributed by atoms with E-state index < -0.39 is 47.3 Å². The number of fused-ring (bicyclic) bond motifs is 1. The third kappa shape index (κ3) is 5.28. The van der Waals surface area contributed by atoms with E-state index >= 15 is 0 Å². The van der Waals surface area contributed by atoms with Crippen molar-refractivity contribution in [2.24, 2.45) is 0 Å². The smallest absolute Gasteiger partial charge is 0.325 e. The van der Waals surface area contributed by atoms with E-state index in [-0.39, 0.29) is 36.9 Å². The van der Waals surface area contributed by atoms with E-state index in [1.807, 2.05) is 6.92 Å². The number of halogens is 4. The molecule has 38 heavy (non-hydrogen) atoms. The third-order valence-corrected chi connectivity index (χ3v) is 6.54. The van der Waals surface area contributed by atoms with Crippen molar-refractivity contribution in [3.05, 3.63) is 94.1 Å². The summed E-state index contributed by atoms with van der Waals surface area (Å²) in [6, 6.07) is 9.33. The molecule has 1 aliphatic rings. The van der Waals surface area contributed by atoms with Crippen LogP contribution in [0.25, 0.3) is 0 Å². The van der Waals surface area contributed by atoms with E-state index in [4.69, 9.17) is 5.11 Å². The molecule has 1 unspecified atom stereocenters. The Morgan fingerprint density at radius 3 is 2.39 bits per heavy atom. The summed E-state index contributed by atoms with van der Waals surface area (Å²) in [7, 11) is 1.61. The van der Waals surface area contributed by atoms with Gasteiger partial charge in [0.2, 0.25) is 0 Å². The topological polar surface area (TPSA) is 84.9 Å². The quantitative estimate of drug-likeness (QED) is 0.369. The van der Waals surface area contributed by atoms with E-state index in [2.05, 4.69) is 10.6 Å². The number of amides is 3. The minimum absolute atomic E-state index is 0.105. The fourth-order valence-electron chi connectivity index (χ4n) is 4.34. The van der Waals surface area contributed by atoms with Crippen molar-refractivity contribution in [3.8, 4) is 0 Å². The van der Waals surface area contributed by atoms with Crippen molar-refractivity contribution in [2.45, 2.75) is 26.1 Å². The molecule has 0 spiro atoms. The van der Waals surface area contributed by atoms with Gasteiger partial charge in [-0.15, -0.1) is 0 Å². The lowest BCUT2D eigenvalue weighted by Crippen LogP contribution is -2.46. The Morgan fingerprint density at radius 2 is 1.71 bits per heavy atom. The molecule has 0 radical (unpaired) electrons. The minimum atomic E-state index is -1.13. The Bertz CT molecular complexity index is 1360. The summed E-state index contributed by atoms with van der Waals surface area (Å²) in [4.78, 5) is 29.0. The molecule has 7 nitrogen and oxygen atoms in total. The summed E-state index contributed by atoms with van der Waals surface area (Å²) < 4.78 is 56.0. The van der Waals surface area contributed by atoms with Gasteiger partial charge in [0.1, 0.15) is 23.3 Å². The molecule has 3 aromatic rings. The molecule has 1 aliphatic heterocycles. The highest BCUT2D eigenvalue weighted by Crippen LogP contribution is 2.38. The van der Waals surface area contributed by atoms with Gasteiger partial charge in [0.25, 0.3) is 5.91 Å². The lowest BCUT2D eigenvalue weighted by atomic mass is 9.98. The molecule has 1 heterocycles. The van der Waals surface area contributed by atoms with Gasteiger partial charge in [0.15, 0.2) is 0 Å². The van der Waals surface area contributed by atoms with E-state index in [1.54, 1.807) is 19.2 Å². The number of nitrogens with zero attached hydrogens (tertiary/aromatic N) is 2. The van der Waals surface area contributed by atoms with E-state index in [0.29, 0.717) is 29.1 Å². The lowest BCUT2D eigenvalue weighted by molar-refractivity contribution is 0.0950. The molecule has 0 fully saturated rings. The second kappa shape index (κ2) is 11.1. The monoisotopic (exact) mass is 530 g/mol. The van der Waals surface area contributed by atoms with Crippen molar-refractivity contribution < 1.29 is 32.3 Å². The molecule has 0 bridgehead atoms. The number of carbonyl (C=O) groups excluding carboxylic acids is 2. The van der Waals surface area contributed by atoms with Crippen molar-refractivity contribution in [2.75, 3.05) is 30.4 Å². The number of nitrogens with one attached hydrogen (secondary N) is 2. The molecule has 0 saturated carbocycles. The standard InChI is InChI=1S/C27H26F4N4O3/c1-15-18-7-6-16(26(37)33-13-19-22(30)11-17(28)12-23(19)31)10-25(18)35(27(38)34(15)2)14-20-21(29)4-3-5-24(20)32-8-9-36/h3-7,10-12,15,32,36H,8-9,13-14H2,1-2H3,(H,33,37). The molecule has 200 valence electrons. The fraction of sp³-hybridized carbons (Fsp3) is 0.259. The SMILES string of the molecule is CC1c2ccc(C(=O)NCc3c(F)cc(F)cc3F)cc2N(Cc2c(F)cccc2NCCO)C(=O)N1C. The summed E-state index contributed by atoms with van der Waals surface area (Å²) >= 11 is 0. The molecule has 3 aromatic carbocycles. The maximum atomic E-state index is 14.9. The van der Waals surface area contributed by atoms with Crippen molar-refractivity contribution in [1.29, 1.82) is 0 Å². The first-order chi connectivity index (χ1) is 18.1. The third-order valence-electron chi connectivity index (χ3n) is 6.54.